The summed E-state index contributed by atoms with van der Waals surface area (Å²) in [6, 6.07) is 3.68. The largest absolute Gasteiger partial charge is 0.465 e. The smallest absolute Gasteiger partial charge is 0.326 e. The van der Waals surface area contributed by atoms with Crippen molar-refractivity contribution in [2.75, 3.05) is 6.61 Å². The number of rotatable bonds is 4. The Morgan fingerprint density at radius 1 is 1.53 bits per heavy atom. The van der Waals surface area contributed by atoms with Crippen LogP contribution in [0.5, 0.6) is 0 Å². The first-order chi connectivity index (χ1) is 7.06. The number of carbonyl (C=O) groups excluding carboxylic acids is 1. The van der Waals surface area contributed by atoms with E-state index in [1.165, 1.54) is 0 Å². The number of hydrogen-bond acceptors (Lipinski definition) is 4. The fourth-order valence-corrected chi connectivity index (χ4v) is 1.29. The van der Waals surface area contributed by atoms with E-state index >= 15 is 0 Å². The molecule has 1 aromatic heterocycles. The summed E-state index contributed by atoms with van der Waals surface area (Å²) < 4.78 is 4.90. The van der Waals surface area contributed by atoms with E-state index in [1.807, 2.05) is 12.1 Å². The van der Waals surface area contributed by atoms with Crippen molar-refractivity contribution in [3.63, 3.8) is 0 Å². The van der Waals surface area contributed by atoms with Crippen LogP contribution in [0.1, 0.15) is 19.4 Å². The molecule has 2 N–H and O–H groups in total. The molecule has 4 heteroatoms. The summed E-state index contributed by atoms with van der Waals surface area (Å²) in [4.78, 5) is 15.4. The Bertz CT molecular complexity index is 323. The van der Waals surface area contributed by atoms with Gasteiger partial charge in [0.2, 0.25) is 0 Å². The van der Waals surface area contributed by atoms with Gasteiger partial charge in [-0.3, -0.25) is 9.78 Å². The molecular weight excluding hydrogens is 192 g/mol. The second-order valence-corrected chi connectivity index (χ2v) is 3.67. The zero-order valence-corrected chi connectivity index (χ0v) is 9.06. The third-order valence-electron chi connectivity index (χ3n) is 2.06. The van der Waals surface area contributed by atoms with E-state index in [-0.39, 0.29) is 5.97 Å². The zero-order chi connectivity index (χ0) is 11.3. The monoisotopic (exact) mass is 208 g/mol. The van der Waals surface area contributed by atoms with Crippen molar-refractivity contribution in [1.82, 2.24) is 4.98 Å². The van der Waals surface area contributed by atoms with Crippen molar-refractivity contribution in [3.8, 4) is 0 Å². The fraction of sp³-hybridized carbons (Fsp3) is 0.455. The number of aromatic nitrogens is 1. The van der Waals surface area contributed by atoms with Gasteiger partial charge >= 0.3 is 5.97 Å². The molecule has 1 rings (SSSR count). The first-order valence-electron chi connectivity index (χ1n) is 4.91. The molecule has 1 aromatic rings. The van der Waals surface area contributed by atoms with Crippen molar-refractivity contribution in [2.24, 2.45) is 5.73 Å². The highest BCUT2D eigenvalue weighted by molar-refractivity contribution is 5.80. The molecule has 0 fully saturated rings. The molecule has 82 valence electrons. The van der Waals surface area contributed by atoms with E-state index in [2.05, 4.69) is 4.98 Å². The first-order valence-corrected chi connectivity index (χ1v) is 4.91. The molecule has 1 heterocycles. The molecule has 0 amide bonds. The maximum absolute atomic E-state index is 11.5. The van der Waals surface area contributed by atoms with Crippen molar-refractivity contribution in [3.05, 3.63) is 30.1 Å². The average Bonchev–Trinajstić information content (AvgIpc) is 2.19. The lowest BCUT2D eigenvalue weighted by atomic mass is 9.95. The van der Waals surface area contributed by atoms with Gasteiger partial charge in [0.25, 0.3) is 0 Å². The Hall–Kier alpha value is -1.42. The predicted octanol–water partition coefficient (Wildman–Crippen LogP) is 0.905. The molecule has 0 spiro atoms. The Labute approximate surface area is 89.5 Å². The van der Waals surface area contributed by atoms with Crippen molar-refractivity contribution < 1.29 is 9.53 Å². The van der Waals surface area contributed by atoms with Gasteiger partial charge in [-0.05, 0) is 31.5 Å². The summed E-state index contributed by atoms with van der Waals surface area (Å²) in [6.45, 7) is 3.79. The van der Waals surface area contributed by atoms with E-state index in [0.717, 1.165) is 5.56 Å². The van der Waals surface area contributed by atoms with Crippen LogP contribution in [0.25, 0.3) is 0 Å². The molecule has 0 bridgehead atoms. The van der Waals surface area contributed by atoms with Crippen LogP contribution in [0.4, 0.5) is 0 Å². The van der Waals surface area contributed by atoms with E-state index in [4.69, 9.17) is 10.5 Å². The molecule has 0 radical (unpaired) electrons. The second kappa shape index (κ2) is 4.89. The fourth-order valence-electron chi connectivity index (χ4n) is 1.29. The minimum atomic E-state index is -0.975. The van der Waals surface area contributed by atoms with Gasteiger partial charge in [0, 0.05) is 18.8 Å². The van der Waals surface area contributed by atoms with E-state index in [1.54, 1.807) is 26.2 Å². The lowest BCUT2D eigenvalue weighted by Crippen LogP contribution is -2.48. The Morgan fingerprint density at radius 2 is 2.13 bits per heavy atom. The van der Waals surface area contributed by atoms with Gasteiger partial charge in [-0.15, -0.1) is 0 Å². The van der Waals surface area contributed by atoms with Gasteiger partial charge in [-0.25, -0.2) is 0 Å². The molecule has 1 unspecified atom stereocenters. The summed E-state index contributed by atoms with van der Waals surface area (Å²) in [5.74, 6) is -0.373. The summed E-state index contributed by atoms with van der Waals surface area (Å²) in [7, 11) is 0. The van der Waals surface area contributed by atoms with Crippen LogP contribution in [-0.2, 0) is 16.0 Å². The van der Waals surface area contributed by atoms with Crippen LogP contribution in [0, 0.1) is 0 Å². The number of ether oxygens (including phenoxy) is 1. The lowest BCUT2D eigenvalue weighted by molar-refractivity contribution is -0.148. The number of nitrogens with zero attached hydrogens (tertiary/aromatic N) is 1. The Morgan fingerprint density at radius 3 is 2.67 bits per heavy atom. The van der Waals surface area contributed by atoms with Crippen LogP contribution in [0.3, 0.4) is 0 Å². The summed E-state index contributed by atoms with van der Waals surface area (Å²) >= 11 is 0. The average molecular weight is 208 g/mol. The molecule has 0 aliphatic heterocycles. The normalized spacial score (nSPS) is 14.3. The highest BCUT2D eigenvalue weighted by atomic mass is 16.5. The van der Waals surface area contributed by atoms with Crippen LogP contribution >= 0.6 is 0 Å². The molecule has 0 aliphatic rings. The summed E-state index contributed by atoms with van der Waals surface area (Å²) in [5.41, 5.74) is 5.88. The Kier molecular flexibility index (Phi) is 3.80. The molecule has 0 saturated carbocycles. The van der Waals surface area contributed by atoms with Crippen LogP contribution < -0.4 is 5.73 Å². The topological polar surface area (TPSA) is 65.2 Å². The zero-order valence-electron chi connectivity index (χ0n) is 9.06. The predicted molar refractivity (Wildman–Crippen MR) is 57.2 cm³/mol. The van der Waals surface area contributed by atoms with Gasteiger partial charge in [-0.2, -0.15) is 0 Å². The van der Waals surface area contributed by atoms with Gasteiger partial charge in [0.05, 0.1) is 6.61 Å². The van der Waals surface area contributed by atoms with Crippen molar-refractivity contribution in [2.45, 2.75) is 25.8 Å². The molecule has 15 heavy (non-hydrogen) atoms. The molecule has 0 aliphatic carbocycles. The van der Waals surface area contributed by atoms with Crippen LogP contribution in [0.2, 0.25) is 0 Å². The number of esters is 1. The van der Waals surface area contributed by atoms with Crippen LogP contribution in [0.15, 0.2) is 24.5 Å². The lowest BCUT2D eigenvalue weighted by Gasteiger charge is -2.21. The SMILES string of the molecule is CCOC(=O)C(C)(N)Cc1ccncc1. The number of pyridine rings is 1. The number of hydrogen-bond donors (Lipinski definition) is 1. The minimum absolute atomic E-state index is 0.349. The standard InChI is InChI=1S/C11H16N2O2/c1-3-15-10(14)11(2,12)8-9-4-6-13-7-5-9/h4-7H,3,8,12H2,1-2H3. The third-order valence-corrected chi connectivity index (χ3v) is 2.06. The number of carbonyl (C=O) groups is 1. The molecule has 1 atom stereocenters. The van der Waals surface area contributed by atoms with E-state index in [9.17, 15) is 4.79 Å². The summed E-state index contributed by atoms with van der Waals surface area (Å²) in [6.07, 6.45) is 3.81. The van der Waals surface area contributed by atoms with Gasteiger partial charge < -0.3 is 10.5 Å². The molecule has 4 nitrogen and oxygen atoms in total. The minimum Gasteiger partial charge on any atom is -0.465 e. The van der Waals surface area contributed by atoms with E-state index < -0.39 is 5.54 Å². The Balaban J connectivity index is 2.68. The van der Waals surface area contributed by atoms with Crippen molar-refractivity contribution in [1.29, 1.82) is 0 Å². The quantitative estimate of drug-likeness (QED) is 0.747. The maximum atomic E-state index is 11.5. The van der Waals surface area contributed by atoms with Crippen LogP contribution in [-0.4, -0.2) is 23.1 Å². The molecular formula is C11H16N2O2. The highest BCUT2D eigenvalue weighted by Gasteiger charge is 2.29. The van der Waals surface area contributed by atoms with Gasteiger partial charge in [0.1, 0.15) is 5.54 Å². The molecule has 0 saturated heterocycles. The summed E-state index contributed by atoms with van der Waals surface area (Å²) in [5, 5.41) is 0. The van der Waals surface area contributed by atoms with Crippen molar-refractivity contribution >= 4 is 5.97 Å². The molecule has 0 aromatic carbocycles. The second-order valence-electron chi connectivity index (χ2n) is 3.67. The van der Waals surface area contributed by atoms with Gasteiger partial charge in [-0.1, -0.05) is 0 Å². The first kappa shape index (κ1) is 11.7. The number of nitrogens with two attached hydrogens (primary N) is 1. The van der Waals surface area contributed by atoms with Gasteiger partial charge in [0.15, 0.2) is 0 Å². The highest BCUT2D eigenvalue weighted by Crippen LogP contribution is 2.11. The van der Waals surface area contributed by atoms with E-state index in [0.29, 0.717) is 13.0 Å². The third kappa shape index (κ3) is 3.32. The maximum Gasteiger partial charge on any atom is 0.326 e.